The Hall–Kier alpha value is -1.68. The van der Waals surface area contributed by atoms with Crippen molar-refractivity contribution in [2.75, 3.05) is 7.05 Å². The van der Waals surface area contributed by atoms with Crippen LogP contribution < -0.4 is 5.32 Å². The van der Waals surface area contributed by atoms with Gasteiger partial charge in [0, 0.05) is 43.2 Å². The number of nitrogens with one attached hydrogen (secondary N) is 1. The minimum atomic E-state index is 0.267. The second-order valence-corrected chi connectivity index (χ2v) is 3.81. The quantitative estimate of drug-likeness (QED) is 0.838. The van der Waals surface area contributed by atoms with Gasteiger partial charge in [-0.3, -0.25) is 9.67 Å². The third-order valence-corrected chi connectivity index (χ3v) is 2.62. The molecule has 0 spiro atoms. The van der Waals surface area contributed by atoms with Crippen molar-refractivity contribution in [3.8, 4) is 0 Å². The standard InChI is InChI=1S/C12H16N4/c1-13-12(10-8-15-16(2)9-10)7-11-5-3-4-6-14-11/h3-6,8-9,12-13H,7H2,1-2H3. The third-order valence-electron chi connectivity index (χ3n) is 2.62. The van der Waals surface area contributed by atoms with E-state index < -0.39 is 0 Å². The van der Waals surface area contributed by atoms with Crippen molar-refractivity contribution >= 4 is 0 Å². The molecule has 0 aliphatic rings. The van der Waals surface area contributed by atoms with Gasteiger partial charge in [-0.15, -0.1) is 0 Å². The van der Waals surface area contributed by atoms with E-state index in [0.717, 1.165) is 12.1 Å². The van der Waals surface area contributed by atoms with Gasteiger partial charge in [0.2, 0.25) is 0 Å². The van der Waals surface area contributed by atoms with E-state index >= 15 is 0 Å². The highest BCUT2D eigenvalue weighted by molar-refractivity contribution is 5.15. The van der Waals surface area contributed by atoms with Crippen molar-refractivity contribution in [1.82, 2.24) is 20.1 Å². The zero-order valence-electron chi connectivity index (χ0n) is 9.59. The molecule has 0 saturated heterocycles. The molecule has 0 radical (unpaired) electrons. The van der Waals surface area contributed by atoms with Crippen LogP contribution in [-0.2, 0) is 13.5 Å². The van der Waals surface area contributed by atoms with Crippen molar-refractivity contribution in [1.29, 1.82) is 0 Å². The van der Waals surface area contributed by atoms with Crippen LogP contribution in [0.15, 0.2) is 36.8 Å². The number of aryl methyl sites for hydroxylation is 1. The SMILES string of the molecule is CNC(Cc1ccccn1)c1cnn(C)c1. The van der Waals surface area contributed by atoms with Gasteiger partial charge in [-0.25, -0.2) is 0 Å². The van der Waals surface area contributed by atoms with Gasteiger partial charge in [0.05, 0.1) is 6.20 Å². The van der Waals surface area contributed by atoms with Crippen molar-refractivity contribution < 1.29 is 0 Å². The van der Waals surface area contributed by atoms with Gasteiger partial charge in [0.15, 0.2) is 0 Å². The maximum Gasteiger partial charge on any atom is 0.0537 e. The summed E-state index contributed by atoms with van der Waals surface area (Å²) in [7, 11) is 3.89. The summed E-state index contributed by atoms with van der Waals surface area (Å²) in [4.78, 5) is 4.33. The second kappa shape index (κ2) is 4.90. The van der Waals surface area contributed by atoms with Crippen molar-refractivity contribution in [3.05, 3.63) is 48.0 Å². The van der Waals surface area contributed by atoms with Gasteiger partial charge in [0.25, 0.3) is 0 Å². The molecule has 0 aliphatic carbocycles. The lowest BCUT2D eigenvalue weighted by Gasteiger charge is -2.13. The van der Waals surface area contributed by atoms with E-state index in [1.54, 1.807) is 0 Å². The average Bonchev–Trinajstić information content (AvgIpc) is 2.74. The summed E-state index contributed by atoms with van der Waals surface area (Å²) in [6.45, 7) is 0. The highest BCUT2D eigenvalue weighted by atomic mass is 15.2. The fraction of sp³-hybridized carbons (Fsp3) is 0.333. The topological polar surface area (TPSA) is 42.7 Å². The average molecular weight is 216 g/mol. The summed E-state index contributed by atoms with van der Waals surface area (Å²) in [5.74, 6) is 0. The van der Waals surface area contributed by atoms with Crippen LogP contribution in [-0.4, -0.2) is 21.8 Å². The molecule has 16 heavy (non-hydrogen) atoms. The largest absolute Gasteiger partial charge is 0.313 e. The minimum Gasteiger partial charge on any atom is -0.313 e. The zero-order valence-corrected chi connectivity index (χ0v) is 9.59. The first-order valence-electron chi connectivity index (χ1n) is 5.35. The first-order valence-corrected chi connectivity index (χ1v) is 5.35. The number of aromatic nitrogens is 3. The summed E-state index contributed by atoms with van der Waals surface area (Å²) in [5, 5.41) is 7.47. The number of likely N-dealkylation sites (N-methyl/N-ethyl adjacent to an activating group) is 1. The Bertz CT molecular complexity index is 435. The van der Waals surface area contributed by atoms with Gasteiger partial charge in [-0.2, -0.15) is 5.10 Å². The van der Waals surface area contributed by atoms with Crippen molar-refractivity contribution in [2.45, 2.75) is 12.5 Å². The van der Waals surface area contributed by atoms with Crippen molar-refractivity contribution in [2.24, 2.45) is 7.05 Å². The lowest BCUT2D eigenvalue weighted by molar-refractivity contribution is 0.583. The minimum absolute atomic E-state index is 0.267. The molecular weight excluding hydrogens is 200 g/mol. The van der Waals surface area contributed by atoms with Gasteiger partial charge in [-0.05, 0) is 19.2 Å². The van der Waals surface area contributed by atoms with E-state index in [2.05, 4.69) is 15.4 Å². The number of hydrogen-bond acceptors (Lipinski definition) is 3. The molecule has 0 aromatic carbocycles. The van der Waals surface area contributed by atoms with Gasteiger partial charge in [-0.1, -0.05) is 6.07 Å². The predicted octanol–water partition coefficient (Wildman–Crippen LogP) is 1.32. The Morgan fingerprint density at radius 1 is 1.44 bits per heavy atom. The van der Waals surface area contributed by atoms with Crippen LogP contribution in [0.25, 0.3) is 0 Å². The first-order chi connectivity index (χ1) is 7.79. The van der Waals surface area contributed by atoms with E-state index in [-0.39, 0.29) is 6.04 Å². The van der Waals surface area contributed by atoms with Crippen LogP contribution in [0.4, 0.5) is 0 Å². The third kappa shape index (κ3) is 2.46. The van der Waals surface area contributed by atoms with E-state index in [0.29, 0.717) is 0 Å². The van der Waals surface area contributed by atoms with Crippen LogP contribution in [0.5, 0.6) is 0 Å². The molecule has 0 amide bonds. The summed E-state index contributed by atoms with van der Waals surface area (Å²) in [6, 6.07) is 6.25. The van der Waals surface area contributed by atoms with Crippen LogP contribution >= 0.6 is 0 Å². The molecule has 1 N–H and O–H groups in total. The molecule has 4 nitrogen and oxygen atoms in total. The molecule has 2 rings (SSSR count). The Morgan fingerprint density at radius 3 is 2.88 bits per heavy atom. The molecule has 1 unspecified atom stereocenters. The molecule has 0 aliphatic heterocycles. The highest BCUT2D eigenvalue weighted by Crippen LogP contribution is 2.15. The molecule has 1 atom stereocenters. The number of nitrogens with zero attached hydrogens (tertiary/aromatic N) is 3. The lowest BCUT2D eigenvalue weighted by atomic mass is 10.1. The fourth-order valence-electron chi connectivity index (χ4n) is 1.73. The van der Waals surface area contributed by atoms with Crippen LogP contribution in [0.3, 0.4) is 0 Å². The first kappa shape index (κ1) is 10.8. The number of rotatable bonds is 4. The predicted molar refractivity (Wildman–Crippen MR) is 62.9 cm³/mol. The summed E-state index contributed by atoms with van der Waals surface area (Å²) in [6.07, 6.45) is 6.63. The van der Waals surface area contributed by atoms with Gasteiger partial charge < -0.3 is 5.32 Å². The maximum absolute atomic E-state index is 4.33. The van der Waals surface area contributed by atoms with E-state index in [1.807, 2.05) is 55.6 Å². The molecule has 2 heterocycles. The Balaban J connectivity index is 2.12. The monoisotopic (exact) mass is 216 g/mol. The Labute approximate surface area is 95.3 Å². The molecule has 84 valence electrons. The van der Waals surface area contributed by atoms with Gasteiger partial charge >= 0.3 is 0 Å². The summed E-state index contributed by atoms with van der Waals surface area (Å²) in [5.41, 5.74) is 2.28. The van der Waals surface area contributed by atoms with E-state index in [9.17, 15) is 0 Å². The number of pyridine rings is 1. The molecule has 0 saturated carbocycles. The molecule has 0 bridgehead atoms. The normalized spacial score (nSPS) is 12.6. The zero-order chi connectivity index (χ0) is 11.4. The van der Waals surface area contributed by atoms with E-state index in [1.165, 1.54) is 5.56 Å². The van der Waals surface area contributed by atoms with Gasteiger partial charge in [0.1, 0.15) is 0 Å². The smallest absolute Gasteiger partial charge is 0.0537 e. The summed E-state index contributed by atoms with van der Waals surface area (Å²) >= 11 is 0. The molecule has 2 aromatic heterocycles. The molecule has 4 heteroatoms. The maximum atomic E-state index is 4.33. The highest BCUT2D eigenvalue weighted by Gasteiger charge is 2.12. The van der Waals surface area contributed by atoms with Crippen LogP contribution in [0.1, 0.15) is 17.3 Å². The van der Waals surface area contributed by atoms with Crippen LogP contribution in [0, 0.1) is 0 Å². The second-order valence-electron chi connectivity index (χ2n) is 3.81. The Morgan fingerprint density at radius 2 is 2.31 bits per heavy atom. The molecule has 0 fully saturated rings. The fourth-order valence-corrected chi connectivity index (χ4v) is 1.73. The molecule has 2 aromatic rings. The van der Waals surface area contributed by atoms with Crippen LogP contribution in [0.2, 0.25) is 0 Å². The Kier molecular flexibility index (Phi) is 3.31. The molecular formula is C12H16N4. The lowest BCUT2D eigenvalue weighted by Crippen LogP contribution is -2.18. The van der Waals surface area contributed by atoms with E-state index in [4.69, 9.17) is 0 Å². The number of hydrogen-bond donors (Lipinski definition) is 1. The summed E-state index contributed by atoms with van der Waals surface area (Å²) < 4.78 is 1.82. The van der Waals surface area contributed by atoms with Crippen molar-refractivity contribution in [3.63, 3.8) is 0 Å².